The minimum Gasteiger partial charge on any atom is -0.492 e. The van der Waals surface area contributed by atoms with E-state index in [1.165, 1.54) is 13.2 Å². The number of nitrogens with zero attached hydrogens (tertiary/aromatic N) is 4. The molecule has 0 unspecified atom stereocenters. The molecule has 0 aliphatic carbocycles. The maximum Gasteiger partial charge on any atom is 0.421 e. The number of hydrogen-bond acceptors (Lipinski definition) is 8. The van der Waals surface area contributed by atoms with Crippen molar-refractivity contribution in [3.8, 4) is 5.75 Å². The number of carbonyl (C=O) groups is 1. The Kier molecular flexibility index (Phi) is 7.17. The Morgan fingerprint density at radius 2 is 1.87 bits per heavy atom. The highest BCUT2D eigenvalue weighted by atomic mass is 19.4. The maximum absolute atomic E-state index is 15.5. The quantitative estimate of drug-likeness (QED) is 0.390. The molecular formula is C26H27F4N7O2. The molecule has 0 radical (unpaired) electrons. The van der Waals surface area contributed by atoms with Gasteiger partial charge in [0.1, 0.15) is 11.4 Å². The Morgan fingerprint density at radius 3 is 2.64 bits per heavy atom. The number of nitrogens with one attached hydrogen (secondary N) is 3. The second-order valence-corrected chi connectivity index (χ2v) is 9.35. The third kappa shape index (κ3) is 5.39. The van der Waals surface area contributed by atoms with Gasteiger partial charge in [0.05, 0.1) is 29.7 Å². The Hall–Kier alpha value is -4.13. The molecule has 5 rings (SSSR count). The van der Waals surface area contributed by atoms with Gasteiger partial charge < -0.3 is 30.5 Å². The molecule has 2 aliphatic heterocycles. The molecular weight excluding hydrogens is 518 g/mol. The lowest BCUT2D eigenvalue weighted by Crippen LogP contribution is -2.29. The highest BCUT2D eigenvalue weighted by Crippen LogP contribution is 2.39. The number of benzene rings is 2. The fourth-order valence-corrected chi connectivity index (χ4v) is 4.75. The normalized spacial score (nSPS) is 15.9. The van der Waals surface area contributed by atoms with Crippen LogP contribution in [0.5, 0.6) is 5.75 Å². The van der Waals surface area contributed by atoms with Crippen LogP contribution in [0.2, 0.25) is 0 Å². The second kappa shape index (κ2) is 10.6. The Morgan fingerprint density at radius 1 is 1.05 bits per heavy atom. The minimum absolute atomic E-state index is 0.111. The summed E-state index contributed by atoms with van der Waals surface area (Å²) in [4.78, 5) is 24.2. The average molecular weight is 546 g/mol. The summed E-state index contributed by atoms with van der Waals surface area (Å²) in [5.74, 6) is -1.88. The van der Waals surface area contributed by atoms with E-state index in [1.807, 2.05) is 11.9 Å². The van der Waals surface area contributed by atoms with Gasteiger partial charge in [0, 0.05) is 32.4 Å². The van der Waals surface area contributed by atoms with Crippen LogP contribution in [0.15, 0.2) is 36.5 Å². The molecule has 2 aromatic carbocycles. The van der Waals surface area contributed by atoms with Crippen LogP contribution in [0.25, 0.3) is 0 Å². The molecule has 13 heteroatoms. The fourth-order valence-electron chi connectivity index (χ4n) is 4.75. The van der Waals surface area contributed by atoms with E-state index < -0.39 is 29.3 Å². The topological polar surface area (TPSA) is 94.6 Å². The Labute approximate surface area is 222 Å². The predicted molar refractivity (Wildman–Crippen MR) is 138 cm³/mol. The van der Waals surface area contributed by atoms with Gasteiger partial charge in [-0.3, -0.25) is 4.79 Å². The van der Waals surface area contributed by atoms with Crippen LogP contribution in [0, 0.1) is 5.82 Å². The molecule has 3 aromatic rings. The van der Waals surface area contributed by atoms with Gasteiger partial charge in [-0.15, -0.1) is 0 Å². The SMILES string of the molecule is COc1c(Nc2ncc(C(F)(F)F)c(Nc3cccc4c3C(=O)NC4)n2)ccc(N2CCCN(C)CC2)c1F. The smallest absolute Gasteiger partial charge is 0.421 e. The van der Waals surface area contributed by atoms with Crippen LogP contribution in [0.1, 0.15) is 27.9 Å². The molecule has 206 valence electrons. The number of methoxy groups -OCH3 is 1. The second-order valence-electron chi connectivity index (χ2n) is 9.35. The number of amides is 1. The molecule has 0 spiro atoms. The lowest BCUT2D eigenvalue weighted by molar-refractivity contribution is -0.137. The molecule has 0 bridgehead atoms. The van der Waals surface area contributed by atoms with E-state index in [0.717, 1.165) is 19.5 Å². The van der Waals surface area contributed by atoms with Crippen molar-refractivity contribution in [2.24, 2.45) is 0 Å². The van der Waals surface area contributed by atoms with E-state index in [9.17, 15) is 18.0 Å². The summed E-state index contributed by atoms with van der Waals surface area (Å²) in [7, 11) is 3.33. The van der Waals surface area contributed by atoms with E-state index in [-0.39, 0.29) is 35.2 Å². The predicted octanol–water partition coefficient (Wildman–Crippen LogP) is 4.52. The number of aromatic nitrogens is 2. The first-order valence-electron chi connectivity index (χ1n) is 12.3. The van der Waals surface area contributed by atoms with Crippen LogP contribution < -0.4 is 25.6 Å². The van der Waals surface area contributed by atoms with Gasteiger partial charge in [-0.2, -0.15) is 18.2 Å². The molecule has 0 saturated carbocycles. The van der Waals surface area contributed by atoms with Gasteiger partial charge in [0.25, 0.3) is 5.91 Å². The first-order valence-corrected chi connectivity index (χ1v) is 12.3. The van der Waals surface area contributed by atoms with Gasteiger partial charge in [0.15, 0.2) is 11.6 Å². The monoisotopic (exact) mass is 545 g/mol. The van der Waals surface area contributed by atoms with E-state index in [0.29, 0.717) is 30.5 Å². The van der Waals surface area contributed by atoms with Gasteiger partial charge in [0.2, 0.25) is 5.95 Å². The maximum atomic E-state index is 15.5. The van der Waals surface area contributed by atoms with Crippen molar-refractivity contribution in [3.05, 3.63) is 59.0 Å². The number of ether oxygens (including phenoxy) is 1. The van der Waals surface area contributed by atoms with Crippen molar-refractivity contribution in [2.45, 2.75) is 19.1 Å². The van der Waals surface area contributed by atoms with Crippen LogP contribution >= 0.6 is 0 Å². The van der Waals surface area contributed by atoms with Crippen molar-refractivity contribution in [3.63, 3.8) is 0 Å². The summed E-state index contributed by atoms with van der Waals surface area (Å²) in [6.45, 7) is 3.29. The highest BCUT2D eigenvalue weighted by molar-refractivity contribution is 6.04. The van der Waals surface area contributed by atoms with Crippen molar-refractivity contribution >= 4 is 34.7 Å². The molecule has 3 heterocycles. The van der Waals surface area contributed by atoms with Gasteiger partial charge in [-0.25, -0.2) is 9.37 Å². The van der Waals surface area contributed by atoms with E-state index in [4.69, 9.17) is 4.74 Å². The van der Waals surface area contributed by atoms with Gasteiger partial charge in [-0.1, -0.05) is 12.1 Å². The zero-order chi connectivity index (χ0) is 27.7. The van der Waals surface area contributed by atoms with E-state index in [1.54, 1.807) is 24.3 Å². The number of anilines is 5. The number of carbonyl (C=O) groups excluding carboxylic acids is 1. The standard InChI is InChI=1S/C26H27F4N7O2/c1-36-9-4-10-37(12-11-36)19-8-7-18(22(39-2)21(19)27)34-25-32-14-16(26(28,29)30)23(35-25)33-17-6-3-5-15-13-31-24(38)20(15)17/h3,5-8,14H,4,9-13H2,1-2H3,(H,31,38)(H2,32,33,34,35). The third-order valence-corrected chi connectivity index (χ3v) is 6.75. The highest BCUT2D eigenvalue weighted by Gasteiger charge is 2.36. The summed E-state index contributed by atoms with van der Waals surface area (Å²) in [6.07, 6.45) is -3.26. The number of likely N-dealkylation sites (N-methyl/N-ethyl adjacent to an activating group) is 1. The summed E-state index contributed by atoms with van der Waals surface area (Å²) in [5.41, 5.74) is 0.480. The molecule has 1 saturated heterocycles. The number of alkyl halides is 3. The minimum atomic E-state index is -4.77. The molecule has 1 fully saturated rings. The van der Waals surface area contributed by atoms with Crippen LogP contribution in [-0.2, 0) is 12.7 Å². The average Bonchev–Trinajstić information content (AvgIpc) is 3.14. The number of fused-ring (bicyclic) bond motifs is 1. The Bertz CT molecular complexity index is 1400. The molecule has 9 nitrogen and oxygen atoms in total. The van der Waals surface area contributed by atoms with Crippen LogP contribution in [0.4, 0.5) is 46.4 Å². The zero-order valence-corrected chi connectivity index (χ0v) is 21.3. The van der Waals surface area contributed by atoms with Crippen LogP contribution in [0.3, 0.4) is 0 Å². The molecule has 0 atom stereocenters. The number of halogens is 4. The molecule has 2 aliphatic rings. The zero-order valence-electron chi connectivity index (χ0n) is 21.3. The lowest BCUT2D eigenvalue weighted by atomic mass is 10.1. The van der Waals surface area contributed by atoms with Crippen molar-refractivity contribution in [1.29, 1.82) is 0 Å². The summed E-state index contributed by atoms with van der Waals surface area (Å²) < 4.78 is 62.3. The van der Waals surface area contributed by atoms with E-state index >= 15 is 4.39 Å². The fraction of sp³-hybridized carbons (Fsp3) is 0.346. The first-order chi connectivity index (χ1) is 18.7. The van der Waals surface area contributed by atoms with Crippen molar-refractivity contribution in [1.82, 2.24) is 20.2 Å². The van der Waals surface area contributed by atoms with Gasteiger partial charge in [-0.05, 0) is 43.8 Å². The van der Waals surface area contributed by atoms with Crippen molar-refractivity contribution < 1.29 is 27.1 Å². The van der Waals surface area contributed by atoms with E-state index in [2.05, 4.69) is 30.8 Å². The lowest BCUT2D eigenvalue weighted by Gasteiger charge is -2.25. The molecule has 1 aromatic heterocycles. The Balaban J connectivity index is 1.47. The summed E-state index contributed by atoms with van der Waals surface area (Å²) in [5, 5.41) is 8.08. The summed E-state index contributed by atoms with van der Waals surface area (Å²) >= 11 is 0. The first kappa shape index (κ1) is 26.5. The van der Waals surface area contributed by atoms with Gasteiger partial charge >= 0.3 is 6.18 Å². The van der Waals surface area contributed by atoms with Crippen molar-refractivity contribution in [2.75, 3.05) is 55.9 Å². The number of rotatable bonds is 6. The number of hydrogen-bond donors (Lipinski definition) is 3. The summed E-state index contributed by atoms with van der Waals surface area (Å²) in [6, 6.07) is 8.02. The largest absolute Gasteiger partial charge is 0.492 e. The third-order valence-electron chi connectivity index (χ3n) is 6.75. The van der Waals surface area contributed by atoms with Crippen LogP contribution in [-0.4, -0.2) is 61.1 Å². The molecule has 1 amide bonds. The molecule has 39 heavy (non-hydrogen) atoms. The molecule has 3 N–H and O–H groups in total.